The number of fused-ring (bicyclic) bond motifs is 10. The van der Waals surface area contributed by atoms with Crippen molar-refractivity contribution in [3.63, 3.8) is 0 Å². The minimum absolute atomic E-state index is 0.225. The SMILES string of the molecule is CCN(CC)CS[C]12[CH]3[CH]4[CH]5[C]1(NC(=O)c1cccc(-c6ccccc6)c1-c1ccccc1)[Fe]45321678[CH]2[CH]1[CH]6[CH]7[CH]28. The van der Waals surface area contributed by atoms with Gasteiger partial charge in [0, 0.05) is 0 Å². The first-order valence-corrected chi connectivity index (χ1v) is 22.2. The summed E-state index contributed by atoms with van der Waals surface area (Å²) in [5.41, 5.74) is 5.44. The third-order valence-corrected chi connectivity index (χ3v) is 67.3. The number of carbonyl (C=O) groups is 1. The number of hydrogen-bond donors (Lipinski definition) is 1. The number of nitrogens with one attached hydrogen (secondary N) is 1. The van der Waals surface area contributed by atoms with Crippen molar-refractivity contribution in [1.29, 1.82) is 0 Å². The van der Waals surface area contributed by atoms with Gasteiger partial charge in [0.1, 0.15) is 0 Å². The molecule has 5 atom stereocenters. The molecule has 10 heterocycles. The maximum absolute atomic E-state index is 14.7. The summed E-state index contributed by atoms with van der Waals surface area (Å²) in [5.74, 6) is 1.40. The second-order valence-corrected chi connectivity index (χ2v) is 40.9. The molecule has 3 nitrogen and oxygen atoms in total. The van der Waals surface area contributed by atoms with Gasteiger partial charge in [0.25, 0.3) is 0 Å². The summed E-state index contributed by atoms with van der Waals surface area (Å²) in [6.45, 7) is 3.13. The predicted molar refractivity (Wildman–Crippen MR) is 156 cm³/mol. The van der Waals surface area contributed by atoms with E-state index in [0.29, 0.717) is 3.65 Å². The van der Waals surface area contributed by atoms with Gasteiger partial charge in [-0.05, 0) is 0 Å². The predicted octanol–water partition coefficient (Wildman–Crippen LogP) is 7.99. The zero-order valence-corrected chi connectivity index (χ0v) is 24.3. The quantitative estimate of drug-likeness (QED) is 0.208. The topological polar surface area (TPSA) is 32.3 Å². The van der Waals surface area contributed by atoms with E-state index in [1.807, 2.05) is 0 Å². The zero-order valence-electron chi connectivity index (χ0n) is 22.4. The Kier molecular flexibility index (Phi) is 1.61. The molecule has 10 aliphatic heterocycles. The molecule has 0 aromatic heterocycles. The van der Waals surface area contributed by atoms with E-state index in [4.69, 9.17) is 0 Å². The van der Waals surface area contributed by atoms with Crippen LogP contribution in [0.25, 0.3) is 22.3 Å². The summed E-state index contributed by atoms with van der Waals surface area (Å²) < 4.78 is 0.811. The standard InChI is InChI=1S/C29H29N2OS.C5H5.Fe/c1-3-31(4-2)21-33-27-20-12-19-26(27)30-29(32)25-18-11-17-24(22-13-7-5-8-14-22)28(25)23-15-9-6-10-16-23;1-2-4-5-3-1;/h5-20H,3-4,21H2,1-2H3,(H,30,32);1-5H;. The first-order valence-electron chi connectivity index (χ1n) is 15.0. The molecular formula is C34H34FeN2OS. The molecule has 5 heteroatoms. The van der Waals surface area contributed by atoms with Crippen molar-refractivity contribution in [2.24, 2.45) is 0 Å². The number of thioether (sulfide) groups is 1. The van der Waals surface area contributed by atoms with Gasteiger partial charge in [0.05, 0.1) is 0 Å². The van der Waals surface area contributed by atoms with Crippen LogP contribution in [0.4, 0.5) is 0 Å². The first-order chi connectivity index (χ1) is 18.9. The van der Waals surface area contributed by atoms with Gasteiger partial charge in [0.2, 0.25) is 0 Å². The minimum atomic E-state index is -3.77. The van der Waals surface area contributed by atoms with Gasteiger partial charge in [-0.15, -0.1) is 0 Å². The van der Waals surface area contributed by atoms with Crippen LogP contribution < -0.4 is 5.32 Å². The summed E-state index contributed by atoms with van der Waals surface area (Å²) in [5, 5.41) is 4.09. The molecule has 1 N–H and O–H groups in total. The van der Waals surface area contributed by atoms with Crippen LogP contribution in [0.1, 0.15) is 24.2 Å². The van der Waals surface area contributed by atoms with Gasteiger partial charge in [0.15, 0.2) is 0 Å². The number of rotatable bonds is 9. The molecule has 1 amide bonds. The number of hydrogen-bond acceptors (Lipinski definition) is 3. The van der Waals surface area contributed by atoms with E-state index >= 15 is 0 Å². The molecular weight excluding hydrogens is 540 g/mol. The molecule has 0 saturated carbocycles. The van der Waals surface area contributed by atoms with Crippen molar-refractivity contribution in [2.75, 3.05) is 19.0 Å². The Morgan fingerprint density at radius 3 is 1.97 bits per heavy atom. The molecule has 10 fully saturated rings. The van der Waals surface area contributed by atoms with E-state index in [2.05, 4.69) is 115 Å². The Morgan fingerprint density at radius 1 is 0.795 bits per heavy atom. The van der Waals surface area contributed by atoms with Crippen LogP contribution in [-0.2, 0) is 6.51 Å². The van der Waals surface area contributed by atoms with Gasteiger partial charge in [-0.1, -0.05) is 0 Å². The van der Waals surface area contributed by atoms with Gasteiger partial charge < -0.3 is 0 Å². The number of amides is 1. The third kappa shape index (κ3) is 0.522. The normalized spacial score (nSPS) is 60.3. The number of benzene rings is 3. The fourth-order valence-electron chi connectivity index (χ4n) is 20.4. The monoisotopic (exact) mass is 574 g/mol. The molecule has 10 saturated heterocycles. The molecule has 0 aliphatic carbocycles. The summed E-state index contributed by atoms with van der Waals surface area (Å²) in [7, 11) is 0. The van der Waals surface area contributed by atoms with E-state index in [1.165, 1.54) is 11.4 Å². The number of carbonyl (C=O) groups excluding carboxylic acids is 1. The average Bonchev–Trinajstić information content (AvgIpc) is 3.94. The molecule has 0 bridgehead atoms. The number of nitrogens with zero attached hydrogens (tertiary/aromatic N) is 1. The van der Waals surface area contributed by atoms with Crippen LogP contribution in [0.15, 0.2) is 78.9 Å². The molecule has 13 rings (SSSR count). The molecule has 0 radical (unpaired) electrons. The van der Waals surface area contributed by atoms with E-state index in [1.54, 1.807) is 0 Å². The van der Waals surface area contributed by atoms with Crippen LogP contribution in [0.3, 0.4) is 0 Å². The molecule has 1 spiro atoms. The van der Waals surface area contributed by atoms with Crippen molar-refractivity contribution in [1.82, 2.24) is 10.2 Å². The van der Waals surface area contributed by atoms with Crippen LogP contribution in [-0.4, -0.2) is 37.9 Å². The van der Waals surface area contributed by atoms with Crippen LogP contribution >= 0.6 is 11.8 Å². The van der Waals surface area contributed by atoms with E-state index < -0.39 is 6.51 Å². The van der Waals surface area contributed by atoms with Gasteiger partial charge in [-0.25, -0.2) is 0 Å². The van der Waals surface area contributed by atoms with Crippen molar-refractivity contribution >= 4 is 17.7 Å². The molecule has 3 aromatic rings. The zero-order chi connectivity index (χ0) is 25.7. The summed E-state index contributed by atoms with van der Waals surface area (Å²) in [6.07, 6.45) is 0. The fourth-order valence-corrected chi connectivity index (χ4v) is 105. The Hall–Kier alpha value is -2.04. The van der Waals surface area contributed by atoms with Crippen molar-refractivity contribution in [3.8, 4) is 22.3 Å². The van der Waals surface area contributed by atoms with Gasteiger partial charge in [-0.2, -0.15) is 0 Å². The van der Waals surface area contributed by atoms with E-state index in [9.17, 15) is 4.79 Å². The Balaban J connectivity index is 0.981. The maximum atomic E-state index is 14.7. The van der Waals surface area contributed by atoms with Gasteiger partial charge >= 0.3 is 225 Å². The van der Waals surface area contributed by atoms with Crippen LogP contribution in [0.5, 0.6) is 0 Å². The van der Waals surface area contributed by atoms with Crippen LogP contribution in [0.2, 0.25) is 38.5 Å². The van der Waals surface area contributed by atoms with Crippen molar-refractivity contribution < 1.29 is 11.3 Å². The summed E-state index contributed by atoms with van der Waals surface area (Å²) in [4.78, 5) is 26.4. The van der Waals surface area contributed by atoms with Crippen molar-refractivity contribution in [3.05, 3.63) is 84.4 Å². The third-order valence-electron chi connectivity index (χ3n) is 19.8. The van der Waals surface area contributed by atoms with Gasteiger partial charge in [-0.3, -0.25) is 0 Å². The molecule has 5 unspecified atom stereocenters. The molecule has 200 valence electrons. The Labute approximate surface area is 224 Å². The second kappa shape index (κ2) is 3.16. The molecule has 3 aromatic carbocycles. The Bertz CT molecular complexity index is 2080. The second-order valence-electron chi connectivity index (χ2n) is 16.2. The average molecular weight is 575 g/mol. The van der Waals surface area contributed by atoms with E-state index in [-0.39, 0.29) is 10.3 Å². The molecule has 10 aliphatic rings. The Morgan fingerprint density at radius 2 is 1.41 bits per heavy atom. The first kappa shape index (κ1) is 19.9. The summed E-state index contributed by atoms with van der Waals surface area (Å²) >= 11 is 2.39. The molecule has 39 heavy (non-hydrogen) atoms. The van der Waals surface area contributed by atoms with Crippen molar-refractivity contribution in [2.45, 2.75) is 60.5 Å². The van der Waals surface area contributed by atoms with E-state index in [0.717, 1.165) is 73.9 Å². The van der Waals surface area contributed by atoms with Crippen LogP contribution in [0, 0.1) is 0 Å². The fraction of sp³-hybridized carbons (Fsp3) is 0.441. The summed E-state index contributed by atoms with van der Waals surface area (Å²) in [6, 6.07) is 27.6.